The third-order valence-electron chi connectivity index (χ3n) is 5.15. The number of rotatable bonds is 6. The van der Waals surface area contributed by atoms with E-state index in [1.54, 1.807) is 32.2 Å². The number of carbonyl (C=O) groups excluding carboxylic acids is 3. The quantitative estimate of drug-likeness (QED) is 0.599. The first-order valence-electron chi connectivity index (χ1n) is 9.29. The van der Waals surface area contributed by atoms with Gasteiger partial charge in [0, 0.05) is 0 Å². The molecule has 0 spiro atoms. The molecule has 2 aromatic rings. The minimum atomic E-state index is -1.28. The predicted molar refractivity (Wildman–Crippen MR) is 106 cm³/mol. The van der Waals surface area contributed by atoms with Crippen molar-refractivity contribution >= 4 is 17.9 Å². The van der Waals surface area contributed by atoms with Crippen LogP contribution in [-0.2, 0) is 26.5 Å². The molecule has 2 atom stereocenters. The van der Waals surface area contributed by atoms with E-state index in [0.29, 0.717) is 11.3 Å². The molecule has 1 fully saturated rings. The molecule has 1 N–H and O–H groups in total. The maximum Gasteiger partial charge on any atom is 0.329 e. The molecule has 1 aliphatic heterocycles. The molecule has 1 heterocycles. The normalized spacial score (nSPS) is 19.7. The van der Waals surface area contributed by atoms with Gasteiger partial charge in [-0.15, -0.1) is 0 Å². The number of urea groups is 1. The average Bonchev–Trinajstić information content (AvgIpc) is 2.95. The Bertz CT molecular complexity index is 943. The summed E-state index contributed by atoms with van der Waals surface area (Å²) in [5.74, 6) is -0.465. The molecule has 0 aliphatic carbocycles. The number of amides is 3. The highest BCUT2D eigenvalue weighted by Crippen LogP contribution is 2.32. The second-order valence-corrected chi connectivity index (χ2v) is 7.18. The number of benzene rings is 2. The molecule has 2 aromatic carbocycles. The Balaban J connectivity index is 1.77. The van der Waals surface area contributed by atoms with Crippen molar-refractivity contribution in [2.75, 3.05) is 7.11 Å². The van der Waals surface area contributed by atoms with Crippen molar-refractivity contribution in [3.8, 4) is 5.75 Å². The predicted octanol–water partition coefficient (Wildman–Crippen LogP) is 2.90. The summed E-state index contributed by atoms with van der Waals surface area (Å²) in [7, 11) is 1.57. The van der Waals surface area contributed by atoms with Crippen LogP contribution in [0.3, 0.4) is 0 Å². The maximum atomic E-state index is 13.1. The number of imide groups is 1. The largest absolute Gasteiger partial charge is 0.496 e. The van der Waals surface area contributed by atoms with E-state index in [-0.39, 0.29) is 6.61 Å². The number of carbonyl (C=O) groups is 3. The molecule has 0 saturated carbocycles. The fraction of sp³-hybridized carbons (Fsp3) is 0.318. The van der Waals surface area contributed by atoms with Crippen molar-refractivity contribution in [2.45, 2.75) is 39.0 Å². The van der Waals surface area contributed by atoms with Gasteiger partial charge >= 0.3 is 12.0 Å². The van der Waals surface area contributed by atoms with Crippen LogP contribution in [0.15, 0.2) is 48.5 Å². The Kier molecular flexibility index (Phi) is 5.59. The third-order valence-corrected chi connectivity index (χ3v) is 5.15. The summed E-state index contributed by atoms with van der Waals surface area (Å²) in [5.41, 5.74) is 0.995. The Labute approximate surface area is 169 Å². The number of hydrogen-bond acceptors (Lipinski definition) is 5. The summed E-state index contributed by atoms with van der Waals surface area (Å²) in [6, 6.07) is 12.8. The van der Waals surface area contributed by atoms with Crippen molar-refractivity contribution in [1.82, 2.24) is 10.2 Å². The SMILES string of the molecule is COc1ccc(C2(C)NC(=O)N(C(C)C(=O)OCc3ccccc3)C2=O)cc1C. The molecule has 0 radical (unpaired) electrons. The standard InChI is InChI=1S/C22H24N2O5/c1-14-12-17(10-11-18(14)28-4)22(3)20(26)24(21(27)23-22)15(2)19(25)29-13-16-8-6-5-7-9-16/h5-12,15H,13H2,1-4H3,(H,23,27). The van der Waals surface area contributed by atoms with Crippen LogP contribution in [0.5, 0.6) is 5.75 Å². The first-order valence-corrected chi connectivity index (χ1v) is 9.29. The van der Waals surface area contributed by atoms with Gasteiger partial charge in [0.25, 0.3) is 5.91 Å². The Morgan fingerprint density at radius 1 is 1.17 bits per heavy atom. The van der Waals surface area contributed by atoms with E-state index in [9.17, 15) is 14.4 Å². The summed E-state index contributed by atoms with van der Waals surface area (Å²) < 4.78 is 10.5. The third kappa shape index (κ3) is 3.81. The zero-order valence-electron chi connectivity index (χ0n) is 16.9. The molecular weight excluding hydrogens is 372 g/mol. The second kappa shape index (κ2) is 7.95. The van der Waals surface area contributed by atoms with Gasteiger partial charge in [-0.25, -0.2) is 14.5 Å². The minimum Gasteiger partial charge on any atom is -0.496 e. The van der Waals surface area contributed by atoms with E-state index in [1.165, 1.54) is 6.92 Å². The molecule has 1 saturated heterocycles. The molecule has 29 heavy (non-hydrogen) atoms. The number of nitrogens with zero attached hydrogens (tertiary/aromatic N) is 1. The summed E-state index contributed by atoms with van der Waals surface area (Å²) in [6.07, 6.45) is 0. The lowest BCUT2D eigenvalue weighted by Crippen LogP contribution is -2.46. The molecule has 1 aliphatic rings. The smallest absolute Gasteiger partial charge is 0.329 e. The number of hydrogen-bond donors (Lipinski definition) is 1. The Morgan fingerprint density at radius 2 is 1.86 bits per heavy atom. The number of ether oxygens (including phenoxy) is 2. The van der Waals surface area contributed by atoms with E-state index in [0.717, 1.165) is 16.0 Å². The molecule has 3 amide bonds. The number of methoxy groups -OCH3 is 1. The van der Waals surface area contributed by atoms with Crippen LogP contribution in [-0.4, -0.2) is 36.0 Å². The maximum absolute atomic E-state index is 13.1. The van der Waals surface area contributed by atoms with Crippen LogP contribution in [0.4, 0.5) is 4.79 Å². The van der Waals surface area contributed by atoms with Crippen LogP contribution in [0.2, 0.25) is 0 Å². The summed E-state index contributed by atoms with van der Waals surface area (Å²) in [5, 5.41) is 2.71. The Morgan fingerprint density at radius 3 is 2.48 bits per heavy atom. The van der Waals surface area contributed by atoms with Crippen LogP contribution in [0.1, 0.15) is 30.5 Å². The van der Waals surface area contributed by atoms with Gasteiger partial charge in [0.1, 0.15) is 23.9 Å². The van der Waals surface area contributed by atoms with Gasteiger partial charge in [-0.05, 0) is 49.6 Å². The highest BCUT2D eigenvalue weighted by atomic mass is 16.5. The highest BCUT2D eigenvalue weighted by Gasteiger charge is 2.52. The molecule has 152 valence electrons. The second-order valence-electron chi connectivity index (χ2n) is 7.18. The van der Waals surface area contributed by atoms with Crippen LogP contribution in [0.25, 0.3) is 0 Å². The molecule has 7 nitrogen and oxygen atoms in total. The van der Waals surface area contributed by atoms with Crippen molar-refractivity contribution in [3.63, 3.8) is 0 Å². The molecule has 7 heteroatoms. The first-order chi connectivity index (χ1) is 13.8. The number of aryl methyl sites for hydroxylation is 1. The van der Waals surface area contributed by atoms with Gasteiger partial charge in [-0.1, -0.05) is 36.4 Å². The van der Waals surface area contributed by atoms with E-state index in [4.69, 9.17) is 9.47 Å². The average molecular weight is 396 g/mol. The van der Waals surface area contributed by atoms with Crippen LogP contribution >= 0.6 is 0 Å². The van der Waals surface area contributed by atoms with Gasteiger partial charge in [-0.3, -0.25) is 4.79 Å². The lowest BCUT2D eigenvalue weighted by molar-refractivity contribution is -0.153. The number of nitrogens with one attached hydrogen (secondary N) is 1. The molecule has 0 aromatic heterocycles. The highest BCUT2D eigenvalue weighted by molar-refractivity contribution is 6.09. The number of esters is 1. The van der Waals surface area contributed by atoms with Gasteiger partial charge < -0.3 is 14.8 Å². The molecule has 0 bridgehead atoms. The Hall–Kier alpha value is -3.35. The molecule has 2 unspecified atom stereocenters. The van der Waals surface area contributed by atoms with E-state index in [1.807, 2.05) is 37.3 Å². The topological polar surface area (TPSA) is 84.9 Å². The van der Waals surface area contributed by atoms with E-state index < -0.39 is 29.5 Å². The summed E-state index contributed by atoms with van der Waals surface area (Å²) in [6.45, 7) is 5.03. The fourth-order valence-electron chi connectivity index (χ4n) is 3.35. The van der Waals surface area contributed by atoms with Gasteiger partial charge in [0.15, 0.2) is 0 Å². The van der Waals surface area contributed by atoms with Crippen molar-refractivity contribution < 1.29 is 23.9 Å². The summed E-state index contributed by atoms with van der Waals surface area (Å²) in [4.78, 5) is 39.1. The van der Waals surface area contributed by atoms with Crippen molar-refractivity contribution in [1.29, 1.82) is 0 Å². The monoisotopic (exact) mass is 396 g/mol. The van der Waals surface area contributed by atoms with Gasteiger partial charge in [0.05, 0.1) is 7.11 Å². The minimum absolute atomic E-state index is 0.0720. The summed E-state index contributed by atoms with van der Waals surface area (Å²) >= 11 is 0. The van der Waals surface area contributed by atoms with Crippen molar-refractivity contribution in [2.24, 2.45) is 0 Å². The van der Waals surface area contributed by atoms with E-state index in [2.05, 4.69) is 5.32 Å². The zero-order valence-corrected chi connectivity index (χ0v) is 16.9. The van der Waals surface area contributed by atoms with Gasteiger partial charge in [0.2, 0.25) is 0 Å². The van der Waals surface area contributed by atoms with Gasteiger partial charge in [-0.2, -0.15) is 0 Å². The van der Waals surface area contributed by atoms with Crippen LogP contribution < -0.4 is 10.1 Å². The lowest BCUT2D eigenvalue weighted by Gasteiger charge is -2.25. The zero-order chi connectivity index (χ0) is 21.2. The van der Waals surface area contributed by atoms with Crippen molar-refractivity contribution in [3.05, 3.63) is 65.2 Å². The van der Waals surface area contributed by atoms with E-state index >= 15 is 0 Å². The van der Waals surface area contributed by atoms with Crippen LogP contribution in [0, 0.1) is 6.92 Å². The molecular formula is C22H24N2O5. The molecule has 3 rings (SSSR count). The fourth-order valence-corrected chi connectivity index (χ4v) is 3.35. The first kappa shape index (κ1) is 20.4. The lowest BCUT2D eigenvalue weighted by atomic mass is 9.90.